The van der Waals surface area contributed by atoms with Crippen LogP contribution in [0.3, 0.4) is 0 Å². The zero-order valence-corrected chi connectivity index (χ0v) is 26.2. The molecule has 0 aromatic heterocycles. The maximum atomic E-state index is 13.9. The van der Waals surface area contributed by atoms with Gasteiger partial charge in [0.15, 0.2) is 11.5 Å². The van der Waals surface area contributed by atoms with Crippen molar-refractivity contribution in [3.8, 4) is 17.2 Å². The van der Waals surface area contributed by atoms with Crippen molar-refractivity contribution in [1.82, 2.24) is 10.2 Å². The number of benzene rings is 2. The van der Waals surface area contributed by atoms with Gasteiger partial charge in [-0.25, -0.2) is 4.79 Å². The van der Waals surface area contributed by atoms with Crippen LogP contribution in [-0.2, 0) is 22.4 Å². The normalized spacial score (nSPS) is 20.6. The third-order valence-corrected chi connectivity index (χ3v) is 9.24. The molecule has 47 heavy (non-hydrogen) atoms. The second-order valence-electron chi connectivity index (χ2n) is 12.5. The summed E-state index contributed by atoms with van der Waals surface area (Å²) in [6, 6.07) is 5.99. The van der Waals surface area contributed by atoms with Gasteiger partial charge < -0.3 is 24.6 Å². The topological polar surface area (TPSA) is 97.3 Å². The third kappa shape index (κ3) is 6.44. The van der Waals surface area contributed by atoms with Crippen LogP contribution in [0, 0.1) is 0 Å². The number of amides is 3. The summed E-state index contributed by atoms with van der Waals surface area (Å²) >= 11 is 0. The minimum Gasteiger partial charge on any atom is -0.493 e. The lowest BCUT2D eigenvalue weighted by atomic mass is 9.79. The number of nitrogens with zero attached hydrogens (tertiary/aromatic N) is 1. The van der Waals surface area contributed by atoms with Crippen LogP contribution in [0.15, 0.2) is 30.3 Å². The lowest BCUT2D eigenvalue weighted by Crippen LogP contribution is -2.54. The van der Waals surface area contributed by atoms with E-state index in [2.05, 4.69) is 5.32 Å². The Morgan fingerprint density at radius 3 is 2.32 bits per heavy atom. The van der Waals surface area contributed by atoms with Gasteiger partial charge >= 0.3 is 18.4 Å². The number of alkyl halides is 6. The van der Waals surface area contributed by atoms with Crippen molar-refractivity contribution in [2.75, 3.05) is 19.9 Å². The highest BCUT2D eigenvalue weighted by Gasteiger charge is 2.71. The van der Waals surface area contributed by atoms with E-state index in [0.717, 1.165) is 36.3 Å². The standard InChI is InChI=1S/C33H38F6N2O6/c1-3-9-21-16-23(31(44,32(34,35)36)33(37,38)39)17-24(20-10-5-4-6-11-20)27(21)45-15-8-7-14-41-28(42)30(2,40-29(41)43)22-12-13-25-26(18-22)47-19-46-25/h12-13,16-18,20,44H,3-11,14-15,19H2,1-2H3,(H,40,43). The van der Waals surface area contributed by atoms with E-state index in [0.29, 0.717) is 49.2 Å². The van der Waals surface area contributed by atoms with Crippen LogP contribution in [0.5, 0.6) is 17.2 Å². The Hall–Kier alpha value is -3.68. The van der Waals surface area contributed by atoms with E-state index in [9.17, 15) is 41.0 Å². The average molecular weight is 673 g/mol. The summed E-state index contributed by atoms with van der Waals surface area (Å²) in [4.78, 5) is 27.3. The fourth-order valence-electron chi connectivity index (χ4n) is 6.61. The first-order chi connectivity index (χ1) is 22.1. The first kappa shape index (κ1) is 34.6. The highest BCUT2D eigenvalue weighted by atomic mass is 19.4. The molecule has 14 heteroatoms. The lowest BCUT2D eigenvalue weighted by Gasteiger charge is -2.35. The Labute approximate surface area is 268 Å². The van der Waals surface area contributed by atoms with Crippen molar-refractivity contribution in [3.63, 3.8) is 0 Å². The zero-order chi connectivity index (χ0) is 34.2. The first-order valence-corrected chi connectivity index (χ1v) is 15.8. The minimum atomic E-state index is -6.00. The molecule has 5 rings (SSSR count). The number of unbranched alkanes of at least 4 members (excludes halogenated alkanes) is 1. The molecule has 1 atom stereocenters. The van der Waals surface area contributed by atoms with Crippen LogP contribution in [-0.4, -0.2) is 54.2 Å². The van der Waals surface area contributed by atoms with Crippen LogP contribution in [0.4, 0.5) is 31.1 Å². The number of carbonyl (C=O) groups excluding carboxylic acids is 2. The number of ether oxygens (including phenoxy) is 3. The van der Waals surface area contributed by atoms with Crippen LogP contribution in [0.25, 0.3) is 0 Å². The van der Waals surface area contributed by atoms with E-state index in [4.69, 9.17) is 14.2 Å². The van der Waals surface area contributed by atoms with Crippen LogP contribution < -0.4 is 19.5 Å². The first-order valence-electron chi connectivity index (χ1n) is 15.8. The molecule has 0 spiro atoms. The minimum absolute atomic E-state index is 0.0433. The van der Waals surface area contributed by atoms with Crippen molar-refractivity contribution < 1.29 is 55.2 Å². The molecule has 3 amide bonds. The smallest absolute Gasteiger partial charge is 0.430 e. The maximum Gasteiger partial charge on any atom is 0.430 e. The molecule has 1 saturated heterocycles. The van der Waals surface area contributed by atoms with Gasteiger partial charge in [-0.1, -0.05) is 38.7 Å². The second-order valence-corrected chi connectivity index (χ2v) is 12.5. The second kappa shape index (κ2) is 13.1. The summed E-state index contributed by atoms with van der Waals surface area (Å²) in [5.74, 6) is 0.445. The molecule has 2 N–H and O–H groups in total. The molecule has 1 unspecified atom stereocenters. The quantitative estimate of drug-likeness (QED) is 0.147. The van der Waals surface area contributed by atoms with Crippen LogP contribution in [0.2, 0.25) is 0 Å². The average Bonchev–Trinajstić information content (AvgIpc) is 3.58. The number of hydrogen-bond acceptors (Lipinski definition) is 6. The molecule has 1 saturated carbocycles. The number of urea groups is 1. The number of carbonyl (C=O) groups is 2. The number of rotatable bonds is 11. The predicted octanol–water partition coefficient (Wildman–Crippen LogP) is 7.35. The number of halogens is 6. The highest BCUT2D eigenvalue weighted by Crippen LogP contribution is 2.52. The fraction of sp³-hybridized carbons (Fsp3) is 0.576. The van der Waals surface area contributed by atoms with Gasteiger partial charge in [-0.3, -0.25) is 9.69 Å². The number of aliphatic hydroxyl groups is 1. The van der Waals surface area contributed by atoms with E-state index in [1.807, 2.05) is 0 Å². The number of fused-ring (bicyclic) bond motifs is 1. The molecular formula is C33H38F6N2O6. The van der Waals surface area contributed by atoms with E-state index in [-0.39, 0.29) is 49.2 Å². The van der Waals surface area contributed by atoms with Gasteiger partial charge in [0.25, 0.3) is 11.5 Å². The maximum absolute atomic E-state index is 13.9. The van der Waals surface area contributed by atoms with Crippen molar-refractivity contribution >= 4 is 11.9 Å². The summed E-state index contributed by atoms with van der Waals surface area (Å²) in [5, 5.41) is 13.0. The van der Waals surface area contributed by atoms with Crippen molar-refractivity contribution in [2.45, 2.75) is 101 Å². The fourth-order valence-corrected chi connectivity index (χ4v) is 6.61. The molecule has 0 bridgehead atoms. The predicted molar refractivity (Wildman–Crippen MR) is 157 cm³/mol. The van der Waals surface area contributed by atoms with Crippen molar-refractivity contribution in [3.05, 3.63) is 52.6 Å². The van der Waals surface area contributed by atoms with Crippen LogP contribution >= 0.6 is 0 Å². The molecule has 2 aromatic rings. The Balaban J connectivity index is 1.32. The molecule has 2 heterocycles. The molecule has 2 aliphatic heterocycles. The SMILES string of the molecule is CCCc1cc(C(O)(C(F)(F)F)C(F)(F)F)cc(C2CCCCC2)c1OCCCCN1C(=O)NC(C)(c2ccc3c(c2)OCO3)C1=O. The number of imide groups is 1. The van der Waals surface area contributed by atoms with Crippen molar-refractivity contribution in [1.29, 1.82) is 0 Å². The van der Waals surface area contributed by atoms with Gasteiger partial charge in [-0.05, 0) is 85.9 Å². The van der Waals surface area contributed by atoms with Gasteiger partial charge in [-0.2, -0.15) is 26.3 Å². The Morgan fingerprint density at radius 1 is 0.979 bits per heavy atom. The third-order valence-electron chi connectivity index (χ3n) is 9.24. The summed E-state index contributed by atoms with van der Waals surface area (Å²) < 4.78 is 100. The number of hydrogen-bond donors (Lipinski definition) is 2. The molecule has 3 aliphatic rings. The largest absolute Gasteiger partial charge is 0.493 e. The Kier molecular flexibility index (Phi) is 9.64. The van der Waals surface area contributed by atoms with E-state index < -0.39 is 41.0 Å². The molecule has 258 valence electrons. The highest BCUT2D eigenvalue weighted by molar-refractivity contribution is 6.07. The van der Waals surface area contributed by atoms with Gasteiger partial charge in [0.2, 0.25) is 6.79 Å². The number of aryl methyl sites for hydroxylation is 1. The molecule has 1 aliphatic carbocycles. The van der Waals surface area contributed by atoms with Crippen LogP contribution in [0.1, 0.15) is 93.4 Å². The summed E-state index contributed by atoms with van der Waals surface area (Å²) in [6.07, 6.45) is -7.23. The summed E-state index contributed by atoms with van der Waals surface area (Å²) in [5.41, 5.74) is -6.72. The van der Waals surface area contributed by atoms with E-state index in [1.54, 1.807) is 32.0 Å². The Bertz CT molecular complexity index is 1480. The summed E-state index contributed by atoms with van der Waals surface area (Å²) in [7, 11) is 0. The molecule has 0 radical (unpaired) electrons. The lowest BCUT2D eigenvalue weighted by molar-refractivity contribution is -0.376. The Morgan fingerprint density at radius 2 is 1.66 bits per heavy atom. The molecular weight excluding hydrogens is 634 g/mol. The van der Waals surface area contributed by atoms with Gasteiger partial charge in [-0.15, -0.1) is 0 Å². The van der Waals surface area contributed by atoms with E-state index in [1.165, 1.54) is 0 Å². The number of nitrogens with one attached hydrogen (secondary N) is 1. The molecule has 2 fully saturated rings. The van der Waals surface area contributed by atoms with E-state index >= 15 is 0 Å². The van der Waals surface area contributed by atoms with Crippen molar-refractivity contribution in [2.24, 2.45) is 0 Å². The zero-order valence-electron chi connectivity index (χ0n) is 26.2. The van der Waals surface area contributed by atoms with Gasteiger partial charge in [0.1, 0.15) is 11.3 Å². The summed E-state index contributed by atoms with van der Waals surface area (Å²) in [6.45, 7) is 3.50. The van der Waals surface area contributed by atoms with Gasteiger partial charge in [0.05, 0.1) is 6.61 Å². The molecule has 8 nitrogen and oxygen atoms in total. The van der Waals surface area contributed by atoms with Gasteiger partial charge in [0, 0.05) is 12.1 Å². The molecule has 2 aromatic carbocycles. The monoisotopic (exact) mass is 672 g/mol.